The van der Waals surface area contributed by atoms with Gasteiger partial charge in [0.25, 0.3) is 0 Å². The number of benzene rings is 1. The molecule has 0 aliphatic heterocycles. The summed E-state index contributed by atoms with van der Waals surface area (Å²) < 4.78 is 0. The molecule has 0 bridgehead atoms. The molecule has 1 aromatic rings. The van der Waals surface area contributed by atoms with E-state index in [0.717, 1.165) is 5.75 Å². The Morgan fingerprint density at radius 3 is 2.58 bits per heavy atom. The topological polar surface area (TPSA) is 49.3 Å². The van der Waals surface area contributed by atoms with E-state index in [1.807, 2.05) is 30.3 Å². The second-order valence-electron chi connectivity index (χ2n) is 4.84. The molecule has 1 aromatic carbocycles. The van der Waals surface area contributed by atoms with Crippen molar-refractivity contribution in [3.8, 4) is 0 Å². The molecule has 1 rings (SSSR count). The van der Waals surface area contributed by atoms with Crippen LogP contribution in [0.3, 0.4) is 0 Å². The highest BCUT2D eigenvalue weighted by molar-refractivity contribution is 7.99. The van der Waals surface area contributed by atoms with E-state index in [4.69, 9.17) is 5.11 Å². The van der Waals surface area contributed by atoms with Crippen LogP contribution >= 0.6 is 11.8 Å². The summed E-state index contributed by atoms with van der Waals surface area (Å²) in [5.74, 6) is 1.19. The van der Waals surface area contributed by atoms with E-state index in [2.05, 4.69) is 19.2 Å². The van der Waals surface area contributed by atoms with E-state index in [0.29, 0.717) is 18.8 Å². The average molecular weight is 281 g/mol. The Bertz CT molecular complexity index is 368. The average Bonchev–Trinajstić information content (AvgIpc) is 2.39. The van der Waals surface area contributed by atoms with Crippen LogP contribution in [-0.2, 0) is 4.79 Å². The van der Waals surface area contributed by atoms with E-state index in [-0.39, 0.29) is 18.6 Å². The van der Waals surface area contributed by atoms with Crippen molar-refractivity contribution in [2.75, 3.05) is 12.4 Å². The zero-order valence-corrected chi connectivity index (χ0v) is 12.5. The maximum Gasteiger partial charge on any atom is 0.221 e. The molecule has 1 atom stereocenters. The smallest absolute Gasteiger partial charge is 0.221 e. The Kier molecular flexibility index (Phi) is 7.60. The first kappa shape index (κ1) is 16.1. The van der Waals surface area contributed by atoms with E-state index < -0.39 is 0 Å². The number of aliphatic hydroxyl groups is 1. The van der Waals surface area contributed by atoms with Gasteiger partial charge in [0.2, 0.25) is 5.91 Å². The molecule has 0 aliphatic rings. The first-order valence-electron chi connectivity index (χ1n) is 6.71. The van der Waals surface area contributed by atoms with Crippen molar-refractivity contribution < 1.29 is 9.90 Å². The largest absolute Gasteiger partial charge is 0.396 e. The maximum absolute atomic E-state index is 11.8. The number of aliphatic hydroxyl groups excluding tert-OH is 1. The van der Waals surface area contributed by atoms with Gasteiger partial charge in [-0.15, -0.1) is 11.8 Å². The lowest BCUT2D eigenvalue weighted by molar-refractivity contribution is -0.121. The van der Waals surface area contributed by atoms with Gasteiger partial charge in [-0.25, -0.2) is 0 Å². The molecule has 0 radical (unpaired) electrons. The lowest BCUT2D eigenvalue weighted by Gasteiger charge is -2.21. The monoisotopic (exact) mass is 281 g/mol. The fourth-order valence-electron chi connectivity index (χ4n) is 1.77. The van der Waals surface area contributed by atoms with Crippen LogP contribution in [0.1, 0.15) is 26.7 Å². The third-order valence-electron chi connectivity index (χ3n) is 2.93. The van der Waals surface area contributed by atoms with Crippen molar-refractivity contribution in [3.63, 3.8) is 0 Å². The molecule has 106 valence electrons. The van der Waals surface area contributed by atoms with Gasteiger partial charge < -0.3 is 10.4 Å². The Hall–Kier alpha value is -1.00. The number of nitrogens with one attached hydrogen (secondary N) is 1. The molecular formula is C15H23NO2S. The van der Waals surface area contributed by atoms with Crippen LogP contribution in [0.5, 0.6) is 0 Å². The molecule has 3 nitrogen and oxygen atoms in total. The summed E-state index contributed by atoms with van der Waals surface area (Å²) in [5, 5.41) is 12.0. The molecule has 0 aromatic heterocycles. The van der Waals surface area contributed by atoms with Crippen LogP contribution in [0.25, 0.3) is 0 Å². The van der Waals surface area contributed by atoms with Crippen molar-refractivity contribution in [1.29, 1.82) is 0 Å². The third kappa shape index (κ3) is 6.64. The third-order valence-corrected chi connectivity index (χ3v) is 3.95. The van der Waals surface area contributed by atoms with Gasteiger partial charge in [0, 0.05) is 29.7 Å². The van der Waals surface area contributed by atoms with Gasteiger partial charge in [0.05, 0.1) is 0 Å². The summed E-state index contributed by atoms with van der Waals surface area (Å²) in [7, 11) is 0. The van der Waals surface area contributed by atoms with Crippen LogP contribution < -0.4 is 5.32 Å². The van der Waals surface area contributed by atoms with Crippen molar-refractivity contribution in [2.45, 2.75) is 37.6 Å². The van der Waals surface area contributed by atoms with Crippen molar-refractivity contribution in [1.82, 2.24) is 5.32 Å². The van der Waals surface area contributed by atoms with Crippen LogP contribution in [0.2, 0.25) is 0 Å². The minimum absolute atomic E-state index is 0.0654. The molecule has 4 heteroatoms. The van der Waals surface area contributed by atoms with E-state index >= 15 is 0 Å². The zero-order chi connectivity index (χ0) is 14.1. The van der Waals surface area contributed by atoms with Crippen molar-refractivity contribution in [3.05, 3.63) is 30.3 Å². The number of hydrogen-bond donors (Lipinski definition) is 2. The number of hydrogen-bond acceptors (Lipinski definition) is 3. The predicted molar refractivity (Wildman–Crippen MR) is 80.3 cm³/mol. The van der Waals surface area contributed by atoms with Crippen LogP contribution in [0, 0.1) is 5.92 Å². The highest BCUT2D eigenvalue weighted by Gasteiger charge is 2.15. The summed E-state index contributed by atoms with van der Waals surface area (Å²) in [6, 6.07) is 10.1. The number of rotatable bonds is 8. The lowest BCUT2D eigenvalue weighted by atomic mass is 10.0. The first-order chi connectivity index (χ1) is 9.13. The Labute approximate surface area is 119 Å². The van der Waals surface area contributed by atoms with Gasteiger partial charge in [-0.05, 0) is 24.5 Å². The van der Waals surface area contributed by atoms with Gasteiger partial charge in [0.15, 0.2) is 0 Å². The molecule has 0 saturated heterocycles. The maximum atomic E-state index is 11.8. The molecule has 0 heterocycles. The minimum atomic E-state index is 0.0654. The predicted octanol–water partition coefficient (Wildman–Crippen LogP) is 2.69. The minimum Gasteiger partial charge on any atom is -0.396 e. The SMILES string of the molecule is CC(C)C(CCO)NC(=O)CCSc1ccccc1. The second-order valence-corrected chi connectivity index (χ2v) is 6.01. The van der Waals surface area contributed by atoms with Gasteiger partial charge >= 0.3 is 0 Å². The first-order valence-corrected chi connectivity index (χ1v) is 7.70. The van der Waals surface area contributed by atoms with Crippen molar-refractivity contribution >= 4 is 17.7 Å². The highest BCUT2D eigenvalue weighted by atomic mass is 32.2. The molecule has 0 saturated carbocycles. The van der Waals surface area contributed by atoms with E-state index in [1.54, 1.807) is 11.8 Å². The molecule has 2 N–H and O–H groups in total. The summed E-state index contributed by atoms with van der Waals surface area (Å²) in [5.41, 5.74) is 0. The summed E-state index contributed by atoms with van der Waals surface area (Å²) in [4.78, 5) is 13.0. The fraction of sp³-hybridized carbons (Fsp3) is 0.533. The molecule has 1 amide bonds. The normalized spacial score (nSPS) is 12.4. The Morgan fingerprint density at radius 1 is 1.32 bits per heavy atom. The lowest BCUT2D eigenvalue weighted by Crippen LogP contribution is -2.39. The van der Waals surface area contributed by atoms with Crippen LogP contribution in [0.4, 0.5) is 0 Å². The fourth-order valence-corrected chi connectivity index (χ4v) is 2.64. The quantitative estimate of drug-likeness (QED) is 0.720. The van der Waals surface area contributed by atoms with Gasteiger partial charge in [-0.2, -0.15) is 0 Å². The Balaban J connectivity index is 2.27. The van der Waals surface area contributed by atoms with Gasteiger partial charge in [0.1, 0.15) is 0 Å². The van der Waals surface area contributed by atoms with Crippen molar-refractivity contribution in [2.24, 2.45) is 5.92 Å². The van der Waals surface area contributed by atoms with Gasteiger partial charge in [-0.3, -0.25) is 4.79 Å². The summed E-state index contributed by atoms with van der Waals surface area (Å²) >= 11 is 1.69. The summed E-state index contributed by atoms with van der Waals surface area (Å²) in [6.07, 6.45) is 1.13. The highest BCUT2D eigenvalue weighted by Crippen LogP contribution is 2.17. The molecule has 0 aliphatic carbocycles. The summed E-state index contributed by atoms with van der Waals surface area (Å²) in [6.45, 7) is 4.22. The Morgan fingerprint density at radius 2 is 2.00 bits per heavy atom. The number of amides is 1. The number of thioether (sulfide) groups is 1. The molecule has 1 unspecified atom stereocenters. The molecular weight excluding hydrogens is 258 g/mol. The van der Waals surface area contributed by atoms with E-state index in [1.165, 1.54) is 4.90 Å². The van der Waals surface area contributed by atoms with Crippen LogP contribution in [0.15, 0.2) is 35.2 Å². The molecule has 0 spiro atoms. The van der Waals surface area contributed by atoms with E-state index in [9.17, 15) is 4.79 Å². The van der Waals surface area contributed by atoms with Crippen LogP contribution in [-0.4, -0.2) is 29.4 Å². The molecule has 19 heavy (non-hydrogen) atoms. The number of carbonyl (C=O) groups excluding carboxylic acids is 1. The molecule has 0 fully saturated rings. The standard InChI is InChI=1S/C15H23NO2S/c1-12(2)14(8-10-17)16-15(18)9-11-19-13-6-4-3-5-7-13/h3-7,12,14,17H,8-11H2,1-2H3,(H,16,18). The zero-order valence-electron chi connectivity index (χ0n) is 11.6. The second kappa shape index (κ2) is 8.99. The number of carbonyl (C=O) groups is 1. The van der Waals surface area contributed by atoms with Gasteiger partial charge in [-0.1, -0.05) is 32.0 Å².